The Bertz CT molecular complexity index is 254. The molecule has 0 heterocycles. The molecule has 1 saturated carbocycles. The Morgan fingerprint density at radius 1 is 1.65 bits per heavy atom. The van der Waals surface area contributed by atoms with E-state index in [9.17, 15) is 9.90 Å². The molecule has 0 bridgehead atoms. The van der Waals surface area contributed by atoms with Gasteiger partial charge in [-0.25, -0.2) is 0 Å². The molecule has 4 heteroatoms. The van der Waals surface area contributed by atoms with Crippen molar-refractivity contribution in [3.63, 3.8) is 0 Å². The average Bonchev–Trinajstić information content (AvgIpc) is 2.28. The number of hydrogen-bond donors (Lipinski definition) is 3. The second kappa shape index (κ2) is 6.36. The van der Waals surface area contributed by atoms with Gasteiger partial charge in [-0.05, 0) is 25.2 Å². The maximum Gasteiger partial charge on any atom is 0.224 e. The molecule has 0 aromatic rings. The molecule has 1 rings (SSSR count). The summed E-state index contributed by atoms with van der Waals surface area (Å²) in [6, 6.07) is 0. The molecule has 4 nitrogen and oxygen atoms in total. The van der Waals surface area contributed by atoms with Crippen LogP contribution in [0.5, 0.6) is 0 Å². The number of aliphatic hydroxyl groups is 1. The molecule has 3 unspecified atom stereocenters. The van der Waals surface area contributed by atoms with Gasteiger partial charge in [-0.2, -0.15) is 0 Å². The number of rotatable bonds is 5. The molecule has 0 spiro atoms. The van der Waals surface area contributed by atoms with Crippen LogP contribution in [0.3, 0.4) is 0 Å². The minimum Gasteiger partial charge on any atom is -0.388 e. The van der Waals surface area contributed by atoms with Gasteiger partial charge in [0.2, 0.25) is 5.91 Å². The first-order valence-corrected chi connectivity index (χ1v) is 6.71. The fourth-order valence-corrected chi connectivity index (χ4v) is 2.65. The molecular formula is C13H26N2O2. The monoisotopic (exact) mass is 242 g/mol. The Kier molecular flexibility index (Phi) is 5.40. The fourth-order valence-electron chi connectivity index (χ4n) is 2.65. The molecule has 1 aliphatic rings. The van der Waals surface area contributed by atoms with Crippen LogP contribution in [0, 0.1) is 11.8 Å². The molecule has 0 aliphatic heterocycles. The lowest BCUT2D eigenvalue weighted by molar-refractivity contribution is -0.126. The van der Waals surface area contributed by atoms with Crippen molar-refractivity contribution in [3.8, 4) is 0 Å². The normalized spacial score (nSPS) is 30.9. The summed E-state index contributed by atoms with van der Waals surface area (Å²) >= 11 is 0. The summed E-state index contributed by atoms with van der Waals surface area (Å²) in [6.45, 7) is 4.85. The topological polar surface area (TPSA) is 75.4 Å². The van der Waals surface area contributed by atoms with E-state index in [-0.39, 0.29) is 11.8 Å². The molecule has 1 amide bonds. The van der Waals surface area contributed by atoms with Gasteiger partial charge >= 0.3 is 0 Å². The van der Waals surface area contributed by atoms with Crippen molar-refractivity contribution in [1.82, 2.24) is 5.32 Å². The maximum atomic E-state index is 11.8. The van der Waals surface area contributed by atoms with Crippen molar-refractivity contribution in [3.05, 3.63) is 0 Å². The Balaban J connectivity index is 2.41. The lowest BCUT2D eigenvalue weighted by Gasteiger charge is -2.35. The number of carbonyl (C=O) groups excluding carboxylic acids is 1. The van der Waals surface area contributed by atoms with E-state index in [1.807, 2.05) is 6.92 Å². The molecule has 1 aliphatic carbocycles. The first kappa shape index (κ1) is 14.5. The van der Waals surface area contributed by atoms with E-state index in [2.05, 4.69) is 12.2 Å². The van der Waals surface area contributed by atoms with Gasteiger partial charge < -0.3 is 16.2 Å². The van der Waals surface area contributed by atoms with Gasteiger partial charge in [-0.3, -0.25) is 4.79 Å². The smallest absolute Gasteiger partial charge is 0.224 e. The van der Waals surface area contributed by atoms with Crippen LogP contribution >= 0.6 is 0 Å². The van der Waals surface area contributed by atoms with E-state index >= 15 is 0 Å². The van der Waals surface area contributed by atoms with Crippen LogP contribution in [0.1, 0.15) is 46.0 Å². The van der Waals surface area contributed by atoms with Gasteiger partial charge in [0.15, 0.2) is 0 Å². The van der Waals surface area contributed by atoms with E-state index in [0.717, 1.165) is 25.7 Å². The number of nitrogens with one attached hydrogen (secondary N) is 1. The Morgan fingerprint density at radius 3 is 2.88 bits per heavy atom. The third-order valence-electron chi connectivity index (χ3n) is 3.81. The minimum atomic E-state index is -0.708. The predicted octanol–water partition coefficient (Wildman–Crippen LogP) is 1.03. The quantitative estimate of drug-likeness (QED) is 0.674. The highest BCUT2D eigenvalue weighted by Crippen LogP contribution is 2.31. The lowest BCUT2D eigenvalue weighted by Crippen LogP contribution is -2.47. The Morgan fingerprint density at radius 2 is 2.35 bits per heavy atom. The van der Waals surface area contributed by atoms with Crippen LogP contribution in [0.4, 0.5) is 0 Å². The standard InChI is InChI=1S/C13H26N2O2/c1-3-11(8-14)12(16)15-9-13(17)6-4-5-10(2)7-13/h10-11,17H,3-9,14H2,1-2H3,(H,15,16). The zero-order valence-electron chi connectivity index (χ0n) is 11.0. The van der Waals surface area contributed by atoms with Crippen molar-refractivity contribution in [1.29, 1.82) is 0 Å². The summed E-state index contributed by atoms with van der Waals surface area (Å²) in [5.74, 6) is 0.392. The van der Waals surface area contributed by atoms with Crippen molar-refractivity contribution in [2.75, 3.05) is 13.1 Å². The molecule has 0 saturated heterocycles. The van der Waals surface area contributed by atoms with E-state index in [1.165, 1.54) is 6.42 Å². The first-order valence-electron chi connectivity index (χ1n) is 6.71. The van der Waals surface area contributed by atoms with Crippen molar-refractivity contribution in [2.45, 2.75) is 51.6 Å². The van der Waals surface area contributed by atoms with Crippen LogP contribution in [0.15, 0.2) is 0 Å². The molecule has 0 radical (unpaired) electrons. The van der Waals surface area contributed by atoms with Crippen LogP contribution in [0.25, 0.3) is 0 Å². The van der Waals surface area contributed by atoms with Gasteiger partial charge in [-0.1, -0.05) is 26.7 Å². The third-order valence-corrected chi connectivity index (χ3v) is 3.81. The van der Waals surface area contributed by atoms with Gasteiger partial charge in [0.05, 0.1) is 5.60 Å². The zero-order valence-corrected chi connectivity index (χ0v) is 11.0. The van der Waals surface area contributed by atoms with Gasteiger partial charge in [0.25, 0.3) is 0 Å². The second-order valence-electron chi connectivity index (χ2n) is 5.48. The van der Waals surface area contributed by atoms with Crippen LogP contribution in [-0.4, -0.2) is 29.7 Å². The minimum absolute atomic E-state index is 0.0262. The summed E-state index contributed by atoms with van der Waals surface area (Å²) in [5, 5.41) is 13.2. The highest BCUT2D eigenvalue weighted by Gasteiger charge is 2.33. The van der Waals surface area contributed by atoms with E-state index in [4.69, 9.17) is 5.73 Å². The molecule has 3 atom stereocenters. The summed E-state index contributed by atoms with van der Waals surface area (Å²) in [5.41, 5.74) is 4.82. The number of amides is 1. The van der Waals surface area contributed by atoms with Crippen LogP contribution in [-0.2, 0) is 4.79 Å². The van der Waals surface area contributed by atoms with Gasteiger partial charge in [0.1, 0.15) is 0 Å². The van der Waals surface area contributed by atoms with Crippen LogP contribution in [0.2, 0.25) is 0 Å². The maximum absolute atomic E-state index is 11.8. The lowest BCUT2D eigenvalue weighted by atomic mass is 9.79. The van der Waals surface area contributed by atoms with E-state index < -0.39 is 5.60 Å². The van der Waals surface area contributed by atoms with Crippen LogP contribution < -0.4 is 11.1 Å². The predicted molar refractivity (Wildman–Crippen MR) is 68.4 cm³/mol. The van der Waals surface area contributed by atoms with Crippen molar-refractivity contribution in [2.24, 2.45) is 17.6 Å². The molecule has 1 fully saturated rings. The summed E-state index contributed by atoms with van der Waals surface area (Å²) in [7, 11) is 0. The highest BCUT2D eigenvalue weighted by atomic mass is 16.3. The summed E-state index contributed by atoms with van der Waals surface area (Å²) in [6.07, 6.45) is 4.54. The van der Waals surface area contributed by atoms with E-state index in [0.29, 0.717) is 19.0 Å². The summed E-state index contributed by atoms with van der Waals surface area (Å²) < 4.78 is 0. The Hall–Kier alpha value is -0.610. The first-order chi connectivity index (χ1) is 8.00. The summed E-state index contributed by atoms with van der Waals surface area (Å²) in [4.78, 5) is 11.8. The molecular weight excluding hydrogens is 216 g/mol. The average molecular weight is 242 g/mol. The van der Waals surface area contributed by atoms with E-state index in [1.54, 1.807) is 0 Å². The van der Waals surface area contributed by atoms with Crippen molar-refractivity contribution >= 4 is 5.91 Å². The van der Waals surface area contributed by atoms with Gasteiger partial charge in [-0.15, -0.1) is 0 Å². The molecule has 17 heavy (non-hydrogen) atoms. The second-order valence-corrected chi connectivity index (χ2v) is 5.48. The SMILES string of the molecule is CCC(CN)C(=O)NCC1(O)CCCC(C)C1. The number of nitrogens with two attached hydrogens (primary N) is 1. The Labute approximate surface area is 104 Å². The third kappa shape index (κ3) is 4.28. The van der Waals surface area contributed by atoms with Crippen molar-refractivity contribution < 1.29 is 9.90 Å². The largest absolute Gasteiger partial charge is 0.388 e. The molecule has 4 N–H and O–H groups in total. The highest BCUT2D eigenvalue weighted by molar-refractivity contribution is 5.78. The van der Waals surface area contributed by atoms with Gasteiger partial charge in [0, 0.05) is 19.0 Å². The molecule has 0 aromatic heterocycles. The number of carbonyl (C=O) groups is 1. The number of hydrogen-bond acceptors (Lipinski definition) is 3. The molecule has 100 valence electrons. The molecule has 0 aromatic carbocycles. The fraction of sp³-hybridized carbons (Fsp3) is 0.923. The zero-order chi connectivity index (χ0) is 12.9.